The Labute approximate surface area is 170 Å². The first-order valence-corrected chi connectivity index (χ1v) is 10.0. The fourth-order valence-electron chi connectivity index (χ4n) is 3.72. The summed E-state index contributed by atoms with van der Waals surface area (Å²) in [7, 11) is 0. The maximum absolute atomic E-state index is 12.3. The molecule has 8 heteroatoms. The number of fused-ring (bicyclic) bond motifs is 1. The van der Waals surface area contributed by atoms with Gasteiger partial charge in [-0.1, -0.05) is 6.08 Å². The van der Waals surface area contributed by atoms with Crippen LogP contribution in [0.3, 0.4) is 0 Å². The Balaban J connectivity index is 1.54. The van der Waals surface area contributed by atoms with E-state index in [-0.39, 0.29) is 6.09 Å². The van der Waals surface area contributed by atoms with Gasteiger partial charge in [0, 0.05) is 49.4 Å². The standard InChI is InChI=1S/C21H28N4O4/c1-21(2,3)29-20(26)24-6-4-15(5-7-24)17-14-25(27)18-12-19(22-13-16(17)18)23-8-10-28-11-9-23/h4,12-14,27H,5-11H2,1-3H3. The summed E-state index contributed by atoms with van der Waals surface area (Å²) in [6, 6.07) is 1.92. The van der Waals surface area contributed by atoms with E-state index >= 15 is 0 Å². The summed E-state index contributed by atoms with van der Waals surface area (Å²) in [5.74, 6) is 0.842. The molecule has 1 N–H and O–H groups in total. The van der Waals surface area contributed by atoms with E-state index in [0.717, 1.165) is 45.7 Å². The van der Waals surface area contributed by atoms with Crippen LogP contribution in [0.5, 0.6) is 0 Å². The largest absolute Gasteiger partial charge is 0.444 e. The van der Waals surface area contributed by atoms with Crippen molar-refractivity contribution in [3.05, 3.63) is 30.1 Å². The van der Waals surface area contributed by atoms with Gasteiger partial charge in [-0.15, -0.1) is 0 Å². The van der Waals surface area contributed by atoms with Crippen LogP contribution in [0.15, 0.2) is 24.5 Å². The van der Waals surface area contributed by atoms with Gasteiger partial charge >= 0.3 is 6.09 Å². The van der Waals surface area contributed by atoms with Crippen molar-refractivity contribution in [2.24, 2.45) is 0 Å². The molecule has 0 bridgehead atoms. The number of nitrogens with zero attached hydrogens (tertiary/aromatic N) is 4. The quantitative estimate of drug-likeness (QED) is 0.780. The monoisotopic (exact) mass is 400 g/mol. The van der Waals surface area contributed by atoms with Gasteiger partial charge < -0.3 is 24.5 Å². The number of rotatable bonds is 2. The molecule has 156 valence electrons. The Bertz CT molecular complexity index is 938. The number of amides is 1. The number of morpholine rings is 1. The van der Waals surface area contributed by atoms with Crippen LogP contribution in [0.4, 0.5) is 10.6 Å². The molecule has 0 aromatic carbocycles. The molecule has 2 aromatic heterocycles. The van der Waals surface area contributed by atoms with Crippen LogP contribution < -0.4 is 4.90 Å². The van der Waals surface area contributed by atoms with Crippen LogP contribution in [0.25, 0.3) is 16.5 Å². The molecule has 2 aliphatic heterocycles. The highest BCUT2D eigenvalue weighted by Crippen LogP contribution is 2.32. The molecule has 29 heavy (non-hydrogen) atoms. The lowest BCUT2D eigenvalue weighted by atomic mass is 10.00. The summed E-state index contributed by atoms with van der Waals surface area (Å²) in [5.41, 5.74) is 2.28. The highest BCUT2D eigenvalue weighted by atomic mass is 16.6. The fraction of sp³-hybridized carbons (Fsp3) is 0.524. The third-order valence-corrected chi connectivity index (χ3v) is 5.20. The van der Waals surface area contributed by atoms with Crippen LogP contribution in [0, 0.1) is 0 Å². The van der Waals surface area contributed by atoms with E-state index < -0.39 is 5.60 Å². The number of carbonyl (C=O) groups is 1. The Kier molecular flexibility index (Phi) is 5.12. The van der Waals surface area contributed by atoms with Gasteiger partial charge in [0.25, 0.3) is 0 Å². The Morgan fingerprint density at radius 2 is 2.00 bits per heavy atom. The van der Waals surface area contributed by atoms with Gasteiger partial charge in [-0.25, -0.2) is 9.78 Å². The average molecular weight is 400 g/mol. The zero-order valence-electron chi connectivity index (χ0n) is 17.2. The van der Waals surface area contributed by atoms with Gasteiger partial charge in [0.2, 0.25) is 0 Å². The Morgan fingerprint density at radius 1 is 1.24 bits per heavy atom. The molecular weight excluding hydrogens is 372 g/mol. The van der Waals surface area contributed by atoms with Crippen LogP contribution in [-0.4, -0.2) is 70.9 Å². The third kappa shape index (κ3) is 4.17. The highest BCUT2D eigenvalue weighted by Gasteiger charge is 2.25. The molecule has 0 spiro atoms. The second-order valence-electron chi connectivity index (χ2n) is 8.45. The average Bonchev–Trinajstić information content (AvgIpc) is 3.03. The Morgan fingerprint density at radius 3 is 2.66 bits per heavy atom. The van der Waals surface area contributed by atoms with Crippen molar-refractivity contribution in [3.63, 3.8) is 0 Å². The van der Waals surface area contributed by atoms with Crippen molar-refractivity contribution >= 4 is 28.4 Å². The molecule has 0 radical (unpaired) electrons. The van der Waals surface area contributed by atoms with Crippen LogP contribution in [-0.2, 0) is 9.47 Å². The lowest BCUT2D eigenvalue weighted by molar-refractivity contribution is 0.0270. The van der Waals surface area contributed by atoms with E-state index in [2.05, 4.69) is 9.88 Å². The summed E-state index contributed by atoms with van der Waals surface area (Å²) < 4.78 is 12.0. The molecule has 4 heterocycles. The van der Waals surface area contributed by atoms with Crippen molar-refractivity contribution in [2.45, 2.75) is 32.8 Å². The Hall–Kier alpha value is -2.74. The summed E-state index contributed by atoms with van der Waals surface area (Å²) in [6.45, 7) is 9.63. The second-order valence-corrected chi connectivity index (χ2v) is 8.45. The zero-order valence-corrected chi connectivity index (χ0v) is 17.2. The van der Waals surface area contributed by atoms with E-state index in [9.17, 15) is 10.0 Å². The van der Waals surface area contributed by atoms with Crippen molar-refractivity contribution in [3.8, 4) is 0 Å². The number of ether oxygens (including phenoxy) is 2. The maximum atomic E-state index is 12.3. The van der Waals surface area contributed by atoms with Gasteiger partial charge in [-0.2, -0.15) is 4.73 Å². The van der Waals surface area contributed by atoms with E-state index in [1.165, 1.54) is 0 Å². The van der Waals surface area contributed by atoms with Crippen LogP contribution in [0.2, 0.25) is 0 Å². The van der Waals surface area contributed by atoms with E-state index in [1.807, 2.05) is 39.1 Å². The topological polar surface area (TPSA) is 80.1 Å². The van der Waals surface area contributed by atoms with Crippen molar-refractivity contribution < 1.29 is 19.5 Å². The summed E-state index contributed by atoms with van der Waals surface area (Å²) in [5, 5.41) is 11.4. The molecule has 0 aliphatic carbocycles. The van der Waals surface area contributed by atoms with Crippen molar-refractivity contribution in [1.29, 1.82) is 0 Å². The first-order chi connectivity index (χ1) is 13.8. The van der Waals surface area contributed by atoms with Gasteiger partial charge in [-0.3, -0.25) is 0 Å². The minimum Gasteiger partial charge on any atom is -0.444 e. The van der Waals surface area contributed by atoms with E-state index in [0.29, 0.717) is 32.7 Å². The minimum absolute atomic E-state index is 0.297. The second kappa shape index (κ2) is 7.59. The lowest BCUT2D eigenvalue weighted by Crippen LogP contribution is -2.39. The number of hydrogen-bond acceptors (Lipinski definition) is 6. The summed E-state index contributed by atoms with van der Waals surface area (Å²) in [6.07, 6.45) is 5.98. The van der Waals surface area contributed by atoms with Crippen molar-refractivity contribution in [1.82, 2.24) is 14.6 Å². The van der Waals surface area contributed by atoms with E-state index in [4.69, 9.17) is 9.47 Å². The molecule has 1 saturated heterocycles. The predicted octanol–water partition coefficient (Wildman–Crippen LogP) is 3.13. The lowest BCUT2D eigenvalue weighted by Gasteiger charge is -2.29. The molecule has 0 saturated carbocycles. The van der Waals surface area contributed by atoms with E-state index in [1.54, 1.807) is 11.1 Å². The molecule has 8 nitrogen and oxygen atoms in total. The third-order valence-electron chi connectivity index (χ3n) is 5.20. The normalized spacial score (nSPS) is 18.1. The van der Waals surface area contributed by atoms with Gasteiger partial charge in [0.15, 0.2) is 0 Å². The number of aromatic nitrogens is 2. The van der Waals surface area contributed by atoms with Crippen molar-refractivity contribution in [2.75, 3.05) is 44.3 Å². The molecule has 1 amide bonds. The molecular formula is C21H28N4O4. The number of hydrogen-bond donors (Lipinski definition) is 1. The molecule has 2 aliphatic rings. The number of anilines is 1. The first-order valence-electron chi connectivity index (χ1n) is 10.0. The maximum Gasteiger partial charge on any atom is 0.410 e. The molecule has 4 rings (SSSR count). The summed E-state index contributed by atoms with van der Waals surface area (Å²) in [4.78, 5) is 20.7. The minimum atomic E-state index is -0.505. The summed E-state index contributed by atoms with van der Waals surface area (Å²) >= 11 is 0. The predicted molar refractivity (Wildman–Crippen MR) is 110 cm³/mol. The van der Waals surface area contributed by atoms with Crippen LogP contribution >= 0.6 is 0 Å². The number of pyridine rings is 1. The molecule has 1 fully saturated rings. The molecule has 0 atom stereocenters. The first kappa shape index (κ1) is 19.6. The fourth-order valence-corrected chi connectivity index (χ4v) is 3.72. The smallest absolute Gasteiger partial charge is 0.410 e. The highest BCUT2D eigenvalue weighted by molar-refractivity contribution is 5.94. The number of carbonyl (C=O) groups excluding carboxylic acids is 1. The van der Waals surface area contributed by atoms with Gasteiger partial charge in [0.05, 0.1) is 24.9 Å². The molecule has 0 unspecified atom stereocenters. The van der Waals surface area contributed by atoms with Crippen LogP contribution in [0.1, 0.15) is 32.8 Å². The SMILES string of the molecule is CC(C)(C)OC(=O)N1CC=C(c2cn(O)c3cc(N4CCOCC4)ncc23)CC1. The van der Waals surface area contributed by atoms with Gasteiger partial charge in [0.1, 0.15) is 11.4 Å². The molecule has 2 aromatic rings. The zero-order chi connectivity index (χ0) is 20.6. The van der Waals surface area contributed by atoms with Gasteiger partial charge in [-0.05, 0) is 32.8 Å².